The number of amides is 2. The van der Waals surface area contributed by atoms with Crippen molar-refractivity contribution in [1.29, 1.82) is 0 Å². The van der Waals surface area contributed by atoms with Crippen LogP contribution in [0.2, 0.25) is 0 Å². The van der Waals surface area contributed by atoms with E-state index in [-0.39, 0.29) is 141 Å². The highest BCUT2D eigenvalue weighted by Gasteiger charge is 2.23. The number of unbranched alkanes of at least 4 members (excludes halogenated alkanes) is 60. The number of nitrogens with zero attached hydrogens (tertiary/aromatic N) is 6. The van der Waals surface area contributed by atoms with E-state index in [1.165, 1.54) is 353 Å². The van der Waals surface area contributed by atoms with E-state index in [2.05, 4.69) is 38.3 Å². The lowest BCUT2D eigenvalue weighted by Crippen LogP contribution is -2.46. The highest BCUT2D eigenvalue weighted by Crippen LogP contribution is 2.20. The van der Waals surface area contributed by atoms with Crippen molar-refractivity contribution in [1.82, 2.24) is 40.0 Å². The van der Waals surface area contributed by atoms with E-state index in [1.807, 2.05) is 0 Å². The largest absolute Gasteiger partial charge is 0.480 e. The Morgan fingerprint density at radius 3 is 0.476 bits per heavy atom. The molecule has 0 aliphatic heterocycles. The molecule has 0 saturated carbocycles. The summed E-state index contributed by atoms with van der Waals surface area (Å²) >= 11 is 0. The van der Waals surface area contributed by atoms with Crippen molar-refractivity contribution in [3.8, 4) is 0 Å². The molecule has 124 heavy (non-hydrogen) atoms. The normalized spacial score (nSPS) is 11.6. The fraction of sp³-hybridized carbons (Fsp3) is 0.900. The summed E-state index contributed by atoms with van der Waals surface area (Å²) in [5.41, 5.74) is 0. The molecular formula is C100H192N8O16. The predicted octanol–water partition coefficient (Wildman–Crippen LogP) is 21.5. The molecule has 0 radical (unpaired) electrons. The van der Waals surface area contributed by atoms with Crippen LogP contribution in [-0.2, 0) is 47.9 Å². The maximum absolute atomic E-state index is 12.8. The van der Waals surface area contributed by atoms with Crippen molar-refractivity contribution in [3.63, 3.8) is 0 Å². The van der Waals surface area contributed by atoms with Gasteiger partial charge in [-0.3, -0.25) is 77.3 Å². The zero-order chi connectivity index (χ0) is 91.5. The SMILES string of the molecule is CCCCCCCCCCCCCCCCCCCC(=O)CN(CCN(CCN(CC(=O)O)CC(=O)NCCCCCCCCCCCCCCCCCC)CC(=O)O)CC(=O)O.CCCCCCCCCCCCCCCCCCNC(=O)CN(CCN(CCN(CC(=O)O)CC(=O)CCCCCCCCCCCCCCCCC)CC(=O)O)CC(=O)O. The second kappa shape index (κ2) is 94.0. The summed E-state index contributed by atoms with van der Waals surface area (Å²) in [6, 6.07) is 0. The minimum absolute atomic E-state index is 0.0171. The topological polar surface area (TPSA) is 336 Å². The van der Waals surface area contributed by atoms with Crippen LogP contribution in [0, 0.1) is 0 Å². The fourth-order valence-electron chi connectivity index (χ4n) is 16.4. The van der Waals surface area contributed by atoms with Crippen LogP contribution in [0.3, 0.4) is 0 Å². The third-order valence-electron chi connectivity index (χ3n) is 23.9. The fourth-order valence-corrected chi connectivity index (χ4v) is 16.4. The first-order valence-corrected chi connectivity index (χ1v) is 51.4. The van der Waals surface area contributed by atoms with Crippen LogP contribution in [-0.4, -0.2) is 250 Å². The van der Waals surface area contributed by atoms with Crippen molar-refractivity contribution in [2.75, 3.05) is 131 Å². The summed E-state index contributed by atoms with van der Waals surface area (Å²) in [4.78, 5) is 130. The second-order valence-electron chi connectivity index (χ2n) is 36.2. The van der Waals surface area contributed by atoms with Crippen LogP contribution in [0.5, 0.6) is 0 Å². The van der Waals surface area contributed by atoms with Gasteiger partial charge in [0.15, 0.2) is 0 Å². The molecule has 0 fully saturated rings. The lowest BCUT2D eigenvalue weighted by Gasteiger charge is -2.28. The van der Waals surface area contributed by atoms with E-state index in [0.29, 0.717) is 25.9 Å². The highest BCUT2D eigenvalue weighted by molar-refractivity contribution is 5.82. The zero-order valence-electron chi connectivity index (χ0n) is 80.3. The Hall–Kier alpha value is -5.14. The van der Waals surface area contributed by atoms with Crippen molar-refractivity contribution in [2.45, 2.75) is 451 Å². The van der Waals surface area contributed by atoms with Crippen molar-refractivity contribution in [2.24, 2.45) is 0 Å². The molecule has 0 rings (SSSR count). The Bertz CT molecular complexity index is 2440. The Kier molecular flexibility index (Phi) is 91.6. The molecule has 24 heteroatoms. The molecule has 728 valence electrons. The second-order valence-corrected chi connectivity index (χ2v) is 36.2. The standard InChI is InChI=1S/C51H98N4O8.C49H94N4O8/c1-3-5-7-9-11-13-15-17-19-21-22-24-26-28-30-32-34-36-47(56)42-54(45-50(60)61)40-38-53(44-49(58)59)39-41-55(46-51(62)63)43-48(57)52-37-35-33-31-29-27-25-23-20-18-16-14-12-10-8-6-4-2;1-3-5-7-9-11-13-15-17-19-21-23-25-27-29-31-33-35-50-46(55)41-53(44-49(60)61)39-37-51(42-47(56)57)36-38-52(43-48(58)59)40-45(54)34-32-30-28-26-24-22-20-18-16-14-12-10-8-6-4-2/h3-46H2,1-2H3,(H,52,57)(H,58,59)(H,60,61)(H,62,63);3-44H2,1-2H3,(H,50,55)(H,56,57)(H,58,59)(H,60,61). The van der Waals surface area contributed by atoms with Gasteiger partial charge in [0, 0.05) is 78.3 Å². The number of carbonyl (C=O) groups excluding carboxylic acids is 4. The average molecular weight is 1760 g/mol. The number of carboxylic acids is 6. The van der Waals surface area contributed by atoms with Crippen molar-refractivity contribution in [3.05, 3.63) is 0 Å². The van der Waals surface area contributed by atoms with Gasteiger partial charge < -0.3 is 41.3 Å². The molecule has 0 bridgehead atoms. The van der Waals surface area contributed by atoms with Gasteiger partial charge >= 0.3 is 35.8 Å². The number of nitrogens with one attached hydrogen (secondary N) is 2. The molecule has 0 aliphatic rings. The molecule has 24 nitrogen and oxygen atoms in total. The number of carboxylic acid groups (broad SMARTS) is 6. The molecule has 0 heterocycles. The third-order valence-corrected chi connectivity index (χ3v) is 23.9. The van der Waals surface area contributed by atoms with E-state index in [9.17, 15) is 78.6 Å². The van der Waals surface area contributed by atoms with Gasteiger partial charge in [0.2, 0.25) is 11.8 Å². The van der Waals surface area contributed by atoms with Crippen LogP contribution in [0.15, 0.2) is 0 Å². The Morgan fingerprint density at radius 2 is 0.306 bits per heavy atom. The molecule has 0 unspecified atom stereocenters. The number of hydrogen-bond acceptors (Lipinski definition) is 16. The number of ketones is 2. The minimum Gasteiger partial charge on any atom is -0.480 e. The summed E-state index contributed by atoms with van der Waals surface area (Å²) in [5, 5.41) is 62.9. The number of Topliss-reactive ketones (excluding diaryl/α,β-unsaturated/α-hetero) is 2. The van der Waals surface area contributed by atoms with E-state index >= 15 is 0 Å². The summed E-state index contributed by atoms with van der Waals surface area (Å²) in [6.07, 6.45) is 81.6. The third kappa shape index (κ3) is 94.5. The van der Waals surface area contributed by atoms with Gasteiger partial charge in [0.1, 0.15) is 11.6 Å². The van der Waals surface area contributed by atoms with Crippen LogP contribution < -0.4 is 10.6 Å². The first-order valence-electron chi connectivity index (χ1n) is 51.4. The minimum atomic E-state index is -1.09. The Morgan fingerprint density at radius 1 is 0.169 bits per heavy atom. The van der Waals surface area contributed by atoms with Gasteiger partial charge in [-0.15, -0.1) is 0 Å². The quantitative estimate of drug-likeness (QED) is 0.0262. The summed E-state index contributed by atoms with van der Waals surface area (Å²) < 4.78 is 0. The molecule has 0 atom stereocenters. The van der Waals surface area contributed by atoms with Gasteiger partial charge in [-0.1, -0.05) is 413 Å². The maximum atomic E-state index is 12.8. The molecule has 0 aromatic rings. The lowest BCUT2D eigenvalue weighted by atomic mass is 10.0. The van der Waals surface area contributed by atoms with Crippen LogP contribution in [0.25, 0.3) is 0 Å². The Balaban J connectivity index is 0. The van der Waals surface area contributed by atoms with E-state index in [1.54, 1.807) is 9.80 Å². The van der Waals surface area contributed by atoms with E-state index in [0.717, 1.165) is 77.0 Å². The summed E-state index contributed by atoms with van der Waals surface area (Å²) in [7, 11) is 0. The number of hydrogen-bond donors (Lipinski definition) is 8. The average Bonchev–Trinajstić information content (AvgIpc) is 0.917. The van der Waals surface area contributed by atoms with Gasteiger partial charge in [-0.25, -0.2) is 0 Å². The van der Waals surface area contributed by atoms with Gasteiger partial charge in [0.05, 0.1) is 65.4 Å². The van der Waals surface area contributed by atoms with Crippen molar-refractivity contribution < 1.29 is 78.6 Å². The molecule has 8 N–H and O–H groups in total. The number of aliphatic carboxylic acids is 6. The predicted molar refractivity (Wildman–Crippen MR) is 508 cm³/mol. The molecule has 0 spiro atoms. The van der Waals surface area contributed by atoms with E-state index in [4.69, 9.17) is 0 Å². The first-order chi connectivity index (χ1) is 60.1. The van der Waals surface area contributed by atoms with Crippen LogP contribution >= 0.6 is 0 Å². The molecule has 0 aromatic carbocycles. The summed E-state index contributed by atoms with van der Waals surface area (Å²) in [5.74, 6) is -7.05. The first kappa shape index (κ1) is 121. The van der Waals surface area contributed by atoms with Crippen LogP contribution in [0.1, 0.15) is 451 Å². The monoisotopic (exact) mass is 1760 g/mol. The van der Waals surface area contributed by atoms with E-state index < -0.39 is 35.8 Å². The maximum Gasteiger partial charge on any atom is 0.317 e. The van der Waals surface area contributed by atoms with Crippen LogP contribution in [0.4, 0.5) is 0 Å². The highest BCUT2D eigenvalue weighted by atomic mass is 16.4. The number of carbonyl (C=O) groups is 10. The summed E-state index contributed by atoms with van der Waals surface area (Å²) in [6.45, 7) is 9.05. The zero-order valence-corrected chi connectivity index (χ0v) is 80.3. The smallest absolute Gasteiger partial charge is 0.317 e. The number of rotatable bonds is 100. The van der Waals surface area contributed by atoms with Crippen molar-refractivity contribution >= 4 is 59.2 Å². The Labute approximate surface area is 756 Å². The van der Waals surface area contributed by atoms with Gasteiger partial charge in [0.25, 0.3) is 0 Å². The molecule has 0 aliphatic carbocycles. The molecule has 0 saturated heterocycles. The molecular weight excluding hydrogens is 1570 g/mol. The molecule has 0 aromatic heterocycles. The van der Waals surface area contributed by atoms with Gasteiger partial charge in [-0.05, 0) is 25.7 Å². The molecule has 2 amide bonds. The van der Waals surface area contributed by atoms with Gasteiger partial charge in [-0.2, -0.15) is 0 Å². The lowest BCUT2D eigenvalue weighted by molar-refractivity contribution is -0.141.